The number of halogens is 4. The van der Waals surface area contributed by atoms with Crippen LogP contribution in [0.1, 0.15) is 17.5 Å². The molecule has 5 rings (SSSR count). The molecule has 0 aliphatic carbocycles. The van der Waals surface area contributed by atoms with Crippen LogP contribution in [0.2, 0.25) is 5.02 Å². The van der Waals surface area contributed by atoms with Crippen LogP contribution in [0.15, 0.2) is 43.1 Å². The fraction of sp³-hybridized carbons (Fsp3) is 0.261. The van der Waals surface area contributed by atoms with Gasteiger partial charge in [0.1, 0.15) is 0 Å². The van der Waals surface area contributed by atoms with Crippen molar-refractivity contribution in [3.8, 4) is 11.4 Å². The fourth-order valence-corrected chi connectivity index (χ4v) is 4.13. The van der Waals surface area contributed by atoms with Crippen LogP contribution in [-0.2, 0) is 31.9 Å². The molecule has 5 heterocycles. The number of hydrogen-bond donors (Lipinski definition) is 3. The number of fused-ring (bicyclic) bond motifs is 1. The van der Waals surface area contributed by atoms with E-state index < -0.39 is 41.9 Å². The summed E-state index contributed by atoms with van der Waals surface area (Å²) in [5.74, 6) is -1.67. The average molecular weight is 579 g/mol. The number of amides is 1. The first-order valence-corrected chi connectivity index (χ1v) is 11.8. The van der Waals surface area contributed by atoms with Crippen molar-refractivity contribution in [3.05, 3.63) is 59.4 Å². The minimum atomic E-state index is -4.55. The Morgan fingerprint density at radius 2 is 2.05 bits per heavy atom. The summed E-state index contributed by atoms with van der Waals surface area (Å²) in [6.07, 6.45) is -4.30. The number of ketones is 1. The van der Waals surface area contributed by atoms with Crippen molar-refractivity contribution < 1.29 is 37.4 Å². The number of Topliss-reactive ketones (excluding diaryl/α,β-unsaturated/α-hetero) is 1. The number of nitrogens with one attached hydrogen (secondary N) is 2. The highest BCUT2D eigenvalue weighted by molar-refractivity contribution is 6.30. The van der Waals surface area contributed by atoms with Gasteiger partial charge in [0.15, 0.2) is 35.1 Å². The molecule has 1 aliphatic heterocycles. The van der Waals surface area contributed by atoms with Crippen molar-refractivity contribution in [2.45, 2.75) is 31.2 Å². The molecule has 4 aromatic heterocycles. The predicted octanol–water partition coefficient (Wildman–Crippen LogP) is 2.07. The van der Waals surface area contributed by atoms with E-state index in [0.717, 1.165) is 18.3 Å². The summed E-state index contributed by atoms with van der Waals surface area (Å²) in [4.78, 5) is 50.4. The van der Waals surface area contributed by atoms with Crippen LogP contribution >= 0.6 is 11.6 Å². The lowest BCUT2D eigenvalue weighted by Crippen LogP contribution is -2.39. The highest BCUT2D eigenvalue weighted by atomic mass is 35.5. The monoisotopic (exact) mass is 578 g/mol. The minimum absolute atomic E-state index is 0.0640. The summed E-state index contributed by atoms with van der Waals surface area (Å²) in [6, 6.07) is 3.28. The van der Waals surface area contributed by atoms with Crippen LogP contribution in [0.5, 0.6) is 0 Å². The van der Waals surface area contributed by atoms with Gasteiger partial charge in [-0.25, -0.2) is 20.4 Å². The second-order valence-electron chi connectivity index (χ2n) is 8.42. The quantitative estimate of drug-likeness (QED) is 0.217. The number of carbonyl (C=O) groups excluding carboxylic acids is 2. The van der Waals surface area contributed by atoms with Gasteiger partial charge in [-0.05, 0) is 18.2 Å². The van der Waals surface area contributed by atoms with Crippen molar-refractivity contribution in [2.75, 3.05) is 12.4 Å². The topological polar surface area (TPSA) is 166 Å². The standard InChI is InChI=1S/C23H18ClF3N8O5/c1-39-34-21(38)17-15(36)16(37)22(40-17)35-9-31-14-19(30-8-13-5-11(2-3-29-13)23(25,26)27)32-18(33-20(14)35)10-4-12(24)7-28-6-10/h2-7,9,16-17,22,37H,8H2,1H3,(H,34,38)(H,30,32,33)/t16-,17+,22-/m1/s1. The van der Waals surface area contributed by atoms with Crippen molar-refractivity contribution in [1.29, 1.82) is 0 Å². The maximum absolute atomic E-state index is 13.2. The zero-order valence-electron chi connectivity index (χ0n) is 20.3. The molecule has 0 radical (unpaired) electrons. The maximum atomic E-state index is 13.2. The number of alkyl halides is 3. The van der Waals surface area contributed by atoms with E-state index >= 15 is 0 Å². The summed E-state index contributed by atoms with van der Waals surface area (Å²) in [7, 11) is 1.17. The van der Waals surface area contributed by atoms with E-state index in [1.165, 1.54) is 36.5 Å². The molecule has 0 unspecified atom stereocenters. The summed E-state index contributed by atoms with van der Waals surface area (Å²) in [5, 5.41) is 13.8. The third-order valence-electron chi connectivity index (χ3n) is 5.78. The Bertz CT molecular complexity index is 1600. The molecule has 1 aliphatic rings. The van der Waals surface area contributed by atoms with E-state index in [1.807, 2.05) is 5.48 Å². The van der Waals surface area contributed by atoms with Gasteiger partial charge in [-0.2, -0.15) is 13.2 Å². The van der Waals surface area contributed by atoms with Crippen LogP contribution in [0.3, 0.4) is 0 Å². The van der Waals surface area contributed by atoms with Crippen LogP contribution < -0.4 is 10.8 Å². The van der Waals surface area contributed by atoms with Crippen molar-refractivity contribution in [2.24, 2.45) is 0 Å². The third-order valence-corrected chi connectivity index (χ3v) is 5.98. The molecule has 0 bridgehead atoms. The zero-order valence-corrected chi connectivity index (χ0v) is 21.0. The number of hydroxylamine groups is 1. The van der Waals surface area contributed by atoms with Crippen LogP contribution in [0.25, 0.3) is 22.6 Å². The number of rotatable bonds is 7. The Morgan fingerprint density at radius 3 is 2.77 bits per heavy atom. The second-order valence-corrected chi connectivity index (χ2v) is 8.86. The van der Waals surface area contributed by atoms with Gasteiger partial charge < -0.3 is 15.2 Å². The maximum Gasteiger partial charge on any atom is 0.416 e. The predicted molar refractivity (Wildman–Crippen MR) is 130 cm³/mol. The number of aliphatic hydroxyl groups excluding tert-OH is 1. The lowest BCUT2D eigenvalue weighted by molar-refractivity contribution is -0.148. The Balaban J connectivity index is 1.55. The molecule has 0 spiro atoms. The number of nitrogens with zero attached hydrogens (tertiary/aromatic N) is 6. The summed E-state index contributed by atoms with van der Waals surface area (Å²) in [5.41, 5.74) is 1.75. The molecule has 0 saturated carbocycles. The lowest BCUT2D eigenvalue weighted by atomic mass is 10.1. The Hall–Kier alpha value is -4.25. The van der Waals surface area contributed by atoms with Gasteiger partial charge in [-0.1, -0.05) is 11.6 Å². The van der Waals surface area contributed by atoms with Crippen molar-refractivity contribution in [1.82, 2.24) is 35.0 Å². The molecule has 0 aromatic carbocycles. The molecule has 3 N–H and O–H groups in total. The molecule has 208 valence electrons. The number of ether oxygens (including phenoxy) is 1. The molecule has 3 atom stereocenters. The number of aromatic nitrogens is 6. The number of pyridine rings is 2. The lowest BCUT2D eigenvalue weighted by Gasteiger charge is -2.16. The van der Waals surface area contributed by atoms with Crippen molar-refractivity contribution in [3.63, 3.8) is 0 Å². The van der Waals surface area contributed by atoms with Gasteiger partial charge in [0.05, 0.1) is 36.3 Å². The molecule has 1 fully saturated rings. The van der Waals surface area contributed by atoms with E-state index in [1.54, 1.807) is 0 Å². The molecule has 40 heavy (non-hydrogen) atoms. The second kappa shape index (κ2) is 10.7. The molecular weight excluding hydrogens is 561 g/mol. The van der Waals surface area contributed by atoms with Crippen LogP contribution in [0.4, 0.5) is 19.0 Å². The first-order chi connectivity index (χ1) is 19.1. The third kappa shape index (κ3) is 5.29. The Morgan fingerprint density at radius 1 is 1.25 bits per heavy atom. The Labute approximate surface area is 227 Å². The van der Waals surface area contributed by atoms with E-state index in [-0.39, 0.29) is 40.1 Å². The average Bonchev–Trinajstić information content (AvgIpc) is 3.47. The number of aliphatic hydroxyl groups is 1. The van der Waals surface area contributed by atoms with Gasteiger partial charge >= 0.3 is 6.18 Å². The molecular formula is C23H18ClF3N8O5. The van der Waals surface area contributed by atoms with Gasteiger partial charge in [0, 0.05) is 24.2 Å². The normalized spacial score (nSPS) is 19.2. The van der Waals surface area contributed by atoms with Gasteiger partial charge in [-0.3, -0.25) is 29.0 Å². The van der Waals surface area contributed by atoms with Gasteiger partial charge in [0.2, 0.25) is 11.9 Å². The highest BCUT2D eigenvalue weighted by Gasteiger charge is 2.48. The largest absolute Gasteiger partial charge is 0.416 e. The number of carbonyl (C=O) groups is 2. The van der Waals surface area contributed by atoms with Gasteiger partial charge in [-0.15, -0.1) is 0 Å². The molecule has 17 heteroatoms. The molecule has 4 aromatic rings. The first-order valence-electron chi connectivity index (χ1n) is 11.4. The Kier molecular flexibility index (Phi) is 7.33. The summed E-state index contributed by atoms with van der Waals surface area (Å²) in [6.45, 7) is -0.170. The highest BCUT2D eigenvalue weighted by Crippen LogP contribution is 2.33. The summed E-state index contributed by atoms with van der Waals surface area (Å²) >= 11 is 6.08. The SMILES string of the molecule is CONC(=O)[C@H]1O[C@@H](n2cnc3c(NCc4cc(C(F)(F)F)ccn4)nc(-c4cncc(Cl)c4)nc32)[C@H](O)C1=O. The molecule has 13 nitrogen and oxygen atoms in total. The van der Waals surface area contributed by atoms with E-state index in [4.69, 9.17) is 16.3 Å². The smallest absolute Gasteiger partial charge is 0.380 e. The number of hydrogen-bond acceptors (Lipinski definition) is 11. The zero-order chi connectivity index (χ0) is 28.6. The van der Waals surface area contributed by atoms with Crippen LogP contribution in [0, 0.1) is 0 Å². The minimum Gasteiger partial charge on any atom is -0.380 e. The van der Waals surface area contributed by atoms with Gasteiger partial charge in [0.25, 0.3) is 5.91 Å². The number of imidazole rings is 1. The van der Waals surface area contributed by atoms with E-state index in [0.29, 0.717) is 5.56 Å². The fourth-order valence-electron chi connectivity index (χ4n) is 3.95. The van der Waals surface area contributed by atoms with Crippen LogP contribution in [-0.4, -0.2) is 65.6 Å². The van der Waals surface area contributed by atoms with E-state index in [9.17, 15) is 27.9 Å². The molecule has 1 amide bonds. The van der Waals surface area contributed by atoms with E-state index in [2.05, 4.69) is 35.1 Å². The summed E-state index contributed by atoms with van der Waals surface area (Å²) < 4.78 is 46.2. The number of anilines is 1. The van der Waals surface area contributed by atoms with Crippen molar-refractivity contribution >= 4 is 40.3 Å². The molecule has 1 saturated heterocycles. The first kappa shape index (κ1) is 27.3.